The van der Waals surface area contributed by atoms with Crippen LogP contribution in [-0.2, 0) is 27.6 Å². The number of carbonyl (C=O) groups excluding carboxylic acids is 1. The fourth-order valence-electron chi connectivity index (χ4n) is 6.11. The van der Waals surface area contributed by atoms with Crippen LogP contribution >= 0.6 is 0 Å². The van der Waals surface area contributed by atoms with E-state index in [1.165, 1.54) is 10.4 Å². The maximum Gasteiger partial charge on any atom is 0.261 e. The first-order valence-corrected chi connectivity index (χ1v) is 14.9. The maximum absolute atomic E-state index is 11.5. The number of nitrogens with zero attached hydrogens (tertiary/aromatic N) is 3. The van der Waals surface area contributed by atoms with Crippen molar-refractivity contribution in [1.82, 2.24) is 14.8 Å². The molecule has 1 aliphatic heterocycles. The summed E-state index contributed by atoms with van der Waals surface area (Å²) in [4.78, 5) is 11.5. The number of hydrogen-bond donors (Lipinski definition) is 0. The quantitative estimate of drug-likeness (QED) is 0.263. The molecule has 1 saturated carbocycles. The van der Waals surface area contributed by atoms with Crippen LogP contribution in [0.5, 0.6) is 0 Å². The lowest BCUT2D eigenvalue weighted by molar-refractivity contribution is -0.114. The number of rotatable bonds is 8. The van der Waals surface area contributed by atoms with E-state index in [1.54, 1.807) is 0 Å². The van der Waals surface area contributed by atoms with Crippen molar-refractivity contribution in [3.63, 3.8) is 0 Å². The van der Waals surface area contributed by atoms with E-state index in [9.17, 15) is 4.79 Å². The van der Waals surface area contributed by atoms with Gasteiger partial charge in [-0.15, -0.1) is 10.2 Å². The fourth-order valence-corrected chi connectivity index (χ4v) is 10.6. The number of hydrogen-bond acceptors (Lipinski definition) is 5. The van der Waals surface area contributed by atoms with Gasteiger partial charge in [-0.3, -0.25) is 0 Å². The minimum atomic E-state index is -2.64. The van der Waals surface area contributed by atoms with Crippen LogP contribution in [0.1, 0.15) is 64.0 Å². The van der Waals surface area contributed by atoms with E-state index in [2.05, 4.69) is 103 Å². The lowest BCUT2D eigenvalue weighted by atomic mass is 9.76. The topological polar surface area (TPSA) is 69.5 Å². The van der Waals surface area contributed by atoms with E-state index in [-0.39, 0.29) is 5.04 Å². The van der Waals surface area contributed by atoms with Crippen LogP contribution in [-0.4, -0.2) is 41.6 Å². The Balaban J connectivity index is 1.39. The number of benzene rings is 2. The first-order chi connectivity index (χ1) is 17.3. The van der Waals surface area contributed by atoms with Gasteiger partial charge in [-0.2, -0.15) is 0 Å². The first kappa shape index (κ1) is 25.1. The van der Waals surface area contributed by atoms with Gasteiger partial charge in [-0.25, -0.2) is 0 Å². The Labute approximate surface area is 215 Å². The van der Waals surface area contributed by atoms with Crippen LogP contribution in [0.4, 0.5) is 0 Å². The Hall–Kier alpha value is -2.61. The Kier molecular flexibility index (Phi) is 6.74. The molecule has 1 unspecified atom stereocenters. The summed E-state index contributed by atoms with van der Waals surface area (Å²) >= 11 is 0. The summed E-state index contributed by atoms with van der Waals surface area (Å²) in [5.74, 6) is 2.56. The van der Waals surface area contributed by atoms with Crippen molar-refractivity contribution in [3.05, 3.63) is 72.3 Å². The molecule has 2 aromatic carbocycles. The summed E-state index contributed by atoms with van der Waals surface area (Å²) in [7, 11) is -0.583. The molecule has 0 N–H and O–H groups in total. The zero-order chi connectivity index (χ0) is 25.4. The standard InChI is InChI=1S/C29H37N3O3Si/c1-28(2,3)36(24-11-7-5-8-12-24,25-13-9-6-10-14-25)35-19-26-30-31-27(32(26)4)22-15-17-23(18-16-22)29(20-33)21-34-29/h5-14,20,22-23H,15-19,21H2,1-4H3. The van der Waals surface area contributed by atoms with Crippen LogP contribution < -0.4 is 10.4 Å². The van der Waals surface area contributed by atoms with Crippen molar-refractivity contribution >= 4 is 25.0 Å². The van der Waals surface area contributed by atoms with E-state index >= 15 is 0 Å². The summed E-state index contributed by atoms with van der Waals surface area (Å²) in [5.41, 5.74) is -0.500. The lowest BCUT2D eigenvalue weighted by Crippen LogP contribution is -2.66. The predicted octanol–water partition coefficient (Wildman–Crippen LogP) is 4.13. The van der Waals surface area contributed by atoms with Gasteiger partial charge in [0, 0.05) is 13.0 Å². The zero-order valence-electron chi connectivity index (χ0n) is 21.8. The third-order valence-electron chi connectivity index (χ3n) is 8.29. The average Bonchev–Trinajstić information content (AvgIpc) is 3.62. The van der Waals surface area contributed by atoms with Gasteiger partial charge in [0.1, 0.15) is 11.4 Å². The molecule has 190 valence electrons. The molecule has 2 fully saturated rings. The molecule has 36 heavy (non-hydrogen) atoms. The molecule has 5 rings (SSSR count). The van der Waals surface area contributed by atoms with Crippen molar-refractivity contribution in [3.8, 4) is 0 Å². The molecular formula is C29H37N3O3Si. The van der Waals surface area contributed by atoms with Crippen molar-refractivity contribution in [2.75, 3.05) is 6.61 Å². The van der Waals surface area contributed by atoms with Gasteiger partial charge in [-0.05, 0) is 47.0 Å². The number of epoxide rings is 1. The molecule has 6 nitrogen and oxygen atoms in total. The summed E-state index contributed by atoms with van der Waals surface area (Å²) in [5, 5.41) is 11.6. The van der Waals surface area contributed by atoms with E-state index < -0.39 is 13.9 Å². The van der Waals surface area contributed by atoms with Crippen molar-refractivity contribution < 1.29 is 14.0 Å². The van der Waals surface area contributed by atoms with Crippen LogP contribution in [0, 0.1) is 5.92 Å². The molecule has 0 amide bonds. The van der Waals surface area contributed by atoms with E-state index in [4.69, 9.17) is 9.16 Å². The average molecular weight is 504 g/mol. The predicted molar refractivity (Wildman–Crippen MR) is 143 cm³/mol. The van der Waals surface area contributed by atoms with Crippen molar-refractivity contribution in [1.29, 1.82) is 0 Å². The van der Waals surface area contributed by atoms with Gasteiger partial charge in [0.15, 0.2) is 12.1 Å². The monoisotopic (exact) mass is 503 g/mol. The summed E-state index contributed by atoms with van der Waals surface area (Å²) < 4.78 is 14.7. The Morgan fingerprint density at radius 3 is 2.03 bits per heavy atom. The Bertz CT molecular complexity index is 1140. The minimum absolute atomic E-state index is 0.0884. The second kappa shape index (κ2) is 9.69. The fraction of sp³-hybridized carbons (Fsp3) is 0.483. The molecule has 2 heterocycles. The van der Waals surface area contributed by atoms with Gasteiger partial charge >= 0.3 is 0 Å². The SMILES string of the molecule is Cn1c(CO[Si](c2ccccc2)(c2ccccc2)C(C)(C)C)nnc1C1CCC(C2(C=O)CO2)CC1. The van der Waals surface area contributed by atoms with Crippen LogP contribution in [0.3, 0.4) is 0 Å². The molecule has 0 radical (unpaired) electrons. The van der Waals surface area contributed by atoms with Gasteiger partial charge in [0.25, 0.3) is 8.32 Å². The Morgan fingerprint density at radius 1 is 1.00 bits per heavy atom. The normalized spacial score (nSPS) is 24.4. The highest BCUT2D eigenvalue weighted by molar-refractivity contribution is 6.99. The molecule has 0 spiro atoms. The summed E-state index contributed by atoms with van der Waals surface area (Å²) in [6.07, 6.45) is 5.01. The first-order valence-electron chi connectivity index (χ1n) is 13.0. The third-order valence-corrected chi connectivity index (χ3v) is 13.3. The van der Waals surface area contributed by atoms with E-state index in [0.717, 1.165) is 43.6 Å². The van der Waals surface area contributed by atoms with E-state index in [0.29, 0.717) is 25.0 Å². The highest BCUT2D eigenvalue weighted by atomic mass is 28.4. The molecule has 3 aromatic rings. The van der Waals surface area contributed by atoms with Gasteiger partial charge in [-0.1, -0.05) is 81.4 Å². The highest BCUT2D eigenvalue weighted by Gasteiger charge is 2.53. The molecule has 2 aliphatic rings. The highest BCUT2D eigenvalue weighted by Crippen LogP contribution is 2.45. The number of carbonyl (C=O) groups is 1. The summed E-state index contributed by atoms with van der Waals surface area (Å²) in [6, 6.07) is 21.4. The largest absolute Gasteiger partial charge is 0.400 e. The number of aromatic nitrogens is 3. The van der Waals surface area contributed by atoms with Crippen LogP contribution in [0.25, 0.3) is 0 Å². The van der Waals surface area contributed by atoms with Crippen molar-refractivity contribution in [2.45, 2.75) is 69.6 Å². The number of ether oxygens (including phenoxy) is 1. The maximum atomic E-state index is 11.5. The second-order valence-electron chi connectivity index (χ2n) is 11.4. The molecule has 7 heteroatoms. The van der Waals surface area contributed by atoms with Gasteiger partial charge in [0.05, 0.1) is 13.2 Å². The molecule has 1 aliphatic carbocycles. The van der Waals surface area contributed by atoms with Gasteiger partial charge < -0.3 is 18.5 Å². The van der Waals surface area contributed by atoms with E-state index in [1.807, 2.05) is 0 Å². The number of aldehydes is 1. The van der Waals surface area contributed by atoms with Crippen LogP contribution in [0.2, 0.25) is 5.04 Å². The molecular weight excluding hydrogens is 466 g/mol. The summed E-state index contributed by atoms with van der Waals surface area (Å²) in [6.45, 7) is 7.86. The molecule has 1 saturated heterocycles. The Morgan fingerprint density at radius 2 is 1.56 bits per heavy atom. The lowest BCUT2D eigenvalue weighted by Gasteiger charge is -2.42. The zero-order valence-corrected chi connectivity index (χ0v) is 22.8. The smallest absolute Gasteiger partial charge is 0.261 e. The minimum Gasteiger partial charge on any atom is -0.400 e. The molecule has 0 bridgehead atoms. The van der Waals surface area contributed by atoms with Crippen molar-refractivity contribution in [2.24, 2.45) is 13.0 Å². The third kappa shape index (κ3) is 4.38. The van der Waals surface area contributed by atoms with Crippen LogP contribution in [0.15, 0.2) is 60.7 Å². The van der Waals surface area contributed by atoms with Gasteiger partial charge in [0.2, 0.25) is 0 Å². The molecule has 1 aromatic heterocycles. The molecule has 1 atom stereocenters. The second-order valence-corrected chi connectivity index (χ2v) is 15.7.